The van der Waals surface area contributed by atoms with E-state index in [-0.39, 0.29) is 12.0 Å². The molecule has 1 saturated heterocycles. The van der Waals surface area contributed by atoms with Crippen LogP contribution in [-0.4, -0.2) is 30.7 Å². The number of ether oxygens (including phenoxy) is 2. The van der Waals surface area contributed by atoms with E-state index in [0.717, 1.165) is 28.3 Å². The SMILES string of the molecule is CC(C)OC(=O)c1c(-c2ccc3ccccc3c2)csc1NC(=O)[C@H]1CCCO1. The molecule has 0 saturated carbocycles. The minimum absolute atomic E-state index is 0.215. The van der Waals surface area contributed by atoms with Gasteiger partial charge in [-0.1, -0.05) is 36.4 Å². The standard InChI is InChI=1S/C23H23NO4S/c1-14(2)28-23(26)20-18(17-10-9-15-6-3-4-7-16(15)12-17)13-29-22(20)24-21(25)19-8-5-11-27-19/h3-4,6-7,9-10,12-14,19H,5,8,11H2,1-2H3,(H,24,25)/t19-/m1/s1. The molecule has 3 aromatic rings. The van der Waals surface area contributed by atoms with Gasteiger partial charge in [0.15, 0.2) is 0 Å². The van der Waals surface area contributed by atoms with Crippen molar-refractivity contribution in [1.82, 2.24) is 0 Å². The third-order valence-corrected chi connectivity index (χ3v) is 5.75. The van der Waals surface area contributed by atoms with Gasteiger partial charge in [-0.3, -0.25) is 4.79 Å². The molecule has 1 aliphatic rings. The molecule has 29 heavy (non-hydrogen) atoms. The average Bonchev–Trinajstić information content (AvgIpc) is 3.37. The Morgan fingerprint density at radius 2 is 1.97 bits per heavy atom. The largest absolute Gasteiger partial charge is 0.459 e. The zero-order valence-electron chi connectivity index (χ0n) is 16.4. The van der Waals surface area contributed by atoms with Gasteiger partial charge in [0.1, 0.15) is 16.7 Å². The number of thiophene rings is 1. The molecule has 4 rings (SSSR count). The molecule has 0 spiro atoms. The number of carbonyl (C=O) groups is 2. The van der Waals surface area contributed by atoms with Crippen LogP contribution in [0.5, 0.6) is 0 Å². The van der Waals surface area contributed by atoms with Gasteiger partial charge in [-0.05, 0) is 49.1 Å². The molecule has 0 aliphatic carbocycles. The predicted molar refractivity (Wildman–Crippen MR) is 115 cm³/mol. The number of fused-ring (bicyclic) bond motifs is 1. The molecule has 1 fully saturated rings. The van der Waals surface area contributed by atoms with E-state index in [1.807, 2.05) is 55.6 Å². The first kappa shape index (κ1) is 19.6. The second kappa shape index (κ2) is 8.35. The summed E-state index contributed by atoms with van der Waals surface area (Å²) in [7, 11) is 0. The van der Waals surface area contributed by atoms with Crippen molar-refractivity contribution in [3.63, 3.8) is 0 Å². The molecule has 5 nitrogen and oxygen atoms in total. The first-order valence-electron chi connectivity index (χ1n) is 9.77. The highest BCUT2D eigenvalue weighted by atomic mass is 32.1. The number of anilines is 1. The zero-order valence-corrected chi connectivity index (χ0v) is 17.3. The maximum atomic E-state index is 12.9. The Kier molecular flexibility index (Phi) is 5.65. The highest BCUT2D eigenvalue weighted by Gasteiger charge is 2.28. The van der Waals surface area contributed by atoms with Crippen LogP contribution in [0.2, 0.25) is 0 Å². The quantitative estimate of drug-likeness (QED) is 0.585. The van der Waals surface area contributed by atoms with Crippen LogP contribution in [-0.2, 0) is 14.3 Å². The summed E-state index contributed by atoms with van der Waals surface area (Å²) in [6, 6.07) is 14.1. The average molecular weight is 410 g/mol. The van der Waals surface area contributed by atoms with E-state index in [4.69, 9.17) is 9.47 Å². The molecule has 0 radical (unpaired) electrons. The molecule has 2 aromatic carbocycles. The molecule has 2 heterocycles. The number of esters is 1. The molecular formula is C23H23NO4S. The normalized spacial score (nSPS) is 16.3. The van der Waals surface area contributed by atoms with Crippen molar-refractivity contribution in [3.05, 3.63) is 53.4 Å². The first-order valence-corrected chi connectivity index (χ1v) is 10.6. The van der Waals surface area contributed by atoms with Crippen LogP contribution < -0.4 is 5.32 Å². The fourth-order valence-corrected chi connectivity index (χ4v) is 4.43. The van der Waals surface area contributed by atoms with Crippen molar-refractivity contribution < 1.29 is 19.1 Å². The number of hydrogen-bond acceptors (Lipinski definition) is 5. The highest BCUT2D eigenvalue weighted by molar-refractivity contribution is 7.15. The summed E-state index contributed by atoms with van der Waals surface area (Å²) in [5.41, 5.74) is 2.06. The lowest BCUT2D eigenvalue weighted by Gasteiger charge is -2.13. The van der Waals surface area contributed by atoms with Gasteiger partial charge in [0, 0.05) is 17.6 Å². The zero-order chi connectivity index (χ0) is 20.4. The molecule has 1 aromatic heterocycles. The number of nitrogens with one attached hydrogen (secondary N) is 1. The van der Waals surface area contributed by atoms with Crippen LogP contribution in [0, 0.1) is 0 Å². The van der Waals surface area contributed by atoms with E-state index < -0.39 is 12.1 Å². The van der Waals surface area contributed by atoms with E-state index in [2.05, 4.69) is 11.4 Å². The highest BCUT2D eigenvalue weighted by Crippen LogP contribution is 2.37. The van der Waals surface area contributed by atoms with E-state index in [0.29, 0.717) is 23.6 Å². The number of amides is 1. The van der Waals surface area contributed by atoms with Crippen LogP contribution in [0.3, 0.4) is 0 Å². The van der Waals surface area contributed by atoms with Crippen LogP contribution in [0.25, 0.3) is 21.9 Å². The molecule has 1 N–H and O–H groups in total. The molecule has 1 atom stereocenters. The summed E-state index contributed by atoms with van der Waals surface area (Å²) < 4.78 is 10.9. The van der Waals surface area contributed by atoms with Crippen molar-refractivity contribution in [2.75, 3.05) is 11.9 Å². The Balaban J connectivity index is 1.73. The number of hydrogen-bond donors (Lipinski definition) is 1. The van der Waals surface area contributed by atoms with Crippen molar-refractivity contribution in [3.8, 4) is 11.1 Å². The Hall–Kier alpha value is -2.70. The summed E-state index contributed by atoms with van der Waals surface area (Å²) in [6.07, 6.45) is 0.844. The summed E-state index contributed by atoms with van der Waals surface area (Å²) >= 11 is 1.33. The Morgan fingerprint density at radius 3 is 2.69 bits per heavy atom. The van der Waals surface area contributed by atoms with Gasteiger partial charge in [0.25, 0.3) is 5.91 Å². The summed E-state index contributed by atoms with van der Waals surface area (Å²) in [4.78, 5) is 25.5. The predicted octanol–water partition coefficient (Wildman–Crippen LogP) is 5.25. The first-order chi connectivity index (χ1) is 14.0. The minimum Gasteiger partial charge on any atom is -0.459 e. The van der Waals surface area contributed by atoms with Gasteiger partial charge in [-0.25, -0.2) is 4.79 Å². The van der Waals surface area contributed by atoms with Crippen LogP contribution in [0.4, 0.5) is 5.00 Å². The van der Waals surface area contributed by atoms with Crippen molar-refractivity contribution in [1.29, 1.82) is 0 Å². The molecule has 150 valence electrons. The maximum Gasteiger partial charge on any atom is 0.342 e. The van der Waals surface area contributed by atoms with E-state index >= 15 is 0 Å². The third kappa shape index (κ3) is 4.18. The van der Waals surface area contributed by atoms with Gasteiger partial charge in [-0.2, -0.15) is 0 Å². The summed E-state index contributed by atoms with van der Waals surface area (Å²) in [5.74, 6) is -0.653. The minimum atomic E-state index is -0.463. The lowest BCUT2D eigenvalue weighted by atomic mass is 10.00. The van der Waals surface area contributed by atoms with Gasteiger partial charge in [-0.15, -0.1) is 11.3 Å². The number of carbonyl (C=O) groups excluding carboxylic acids is 2. The van der Waals surface area contributed by atoms with E-state index in [1.165, 1.54) is 11.3 Å². The Labute approximate surface area is 173 Å². The van der Waals surface area contributed by atoms with E-state index in [9.17, 15) is 9.59 Å². The van der Waals surface area contributed by atoms with Gasteiger partial charge in [0.05, 0.1) is 6.10 Å². The van der Waals surface area contributed by atoms with Crippen LogP contribution in [0.1, 0.15) is 37.0 Å². The molecule has 1 amide bonds. The third-order valence-electron chi connectivity index (χ3n) is 4.86. The van der Waals surface area contributed by atoms with Crippen LogP contribution in [0.15, 0.2) is 47.8 Å². The van der Waals surface area contributed by atoms with E-state index in [1.54, 1.807) is 0 Å². The van der Waals surface area contributed by atoms with Crippen molar-refractivity contribution in [2.24, 2.45) is 0 Å². The van der Waals surface area contributed by atoms with Crippen LogP contribution >= 0.6 is 11.3 Å². The fraction of sp³-hybridized carbons (Fsp3) is 0.304. The van der Waals surface area contributed by atoms with Crippen molar-refractivity contribution >= 4 is 39.0 Å². The maximum absolute atomic E-state index is 12.9. The fourth-order valence-electron chi connectivity index (χ4n) is 3.47. The van der Waals surface area contributed by atoms with Gasteiger partial charge in [0.2, 0.25) is 0 Å². The molecule has 6 heteroatoms. The second-order valence-corrected chi connectivity index (χ2v) is 8.24. The Morgan fingerprint density at radius 1 is 1.17 bits per heavy atom. The molecule has 1 aliphatic heterocycles. The topological polar surface area (TPSA) is 64.6 Å². The second-order valence-electron chi connectivity index (χ2n) is 7.36. The van der Waals surface area contributed by atoms with Gasteiger partial charge >= 0.3 is 5.97 Å². The molecule has 0 unspecified atom stereocenters. The molecule has 0 bridgehead atoms. The lowest BCUT2D eigenvalue weighted by molar-refractivity contribution is -0.124. The number of rotatable bonds is 5. The monoisotopic (exact) mass is 409 g/mol. The van der Waals surface area contributed by atoms with Crippen molar-refractivity contribution in [2.45, 2.75) is 38.9 Å². The number of benzene rings is 2. The summed E-state index contributed by atoms with van der Waals surface area (Å²) in [6.45, 7) is 4.21. The van der Waals surface area contributed by atoms with Gasteiger partial charge < -0.3 is 14.8 Å². The lowest BCUT2D eigenvalue weighted by Crippen LogP contribution is -2.27. The smallest absolute Gasteiger partial charge is 0.342 e. The Bertz CT molecular complexity index is 1050. The molecular weight excluding hydrogens is 386 g/mol. The summed E-state index contributed by atoms with van der Waals surface area (Å²) in [5, 5.41) is 7.50.